The number of hydrogen-bond donors (Lipinski definition) is 1. The van der Waals surface area contributed by atoms with Crippen molar-refractivity contribution < 1.29 is 4.74 Å². The summed E-state index contributed by atoms with van der Waals surface area (Å²) in [7, 11) is 0. The minimum atomic E-state index is 0.211. The Morgan fingerprint density at radius 1 is 1.33 bits per heavy atom. The third-order valence-corrected chi connectivity index (χ3v) is 3.13. The Labute approximate surface area is 116 Å². The van der Waals surface area contributed by atoms with Crippen molar-refractivity contribution in [3.05, 3.63) is 34.9 Å². The summed E-state index contributed by atoms with van der Waals surface area (Å²) in [6.45, 7) is 8.02. The molecule has 1 aromatic rings. The Hall–Kier alpha value is -0.570. The molecule has 0 saturated carbocycles. The highest BCUT2D eigenvalue weighted by atomic mass is 35.5. The van der Waals surface area contributed by atoms with Gasteiger partial charge in [0.25, 0.3) is 0 Å². The Bertz CT molecular complexity index is 343. The first-order valence-corrected chi connectivity index (χ1v) is 7.09. The second-order valence-corrected chi connectivity index (χ2v) is 5.29. The molecule has 0 heterocycles. The molecule has 3 heteroatoms. The van der Waals surface area contributed by atoms with E-state index in [1.807, 2.05) is 24.3 Å². The van der Waals surface area contributed by atoms with Gasteiger partial charge < -0.3 is 10.1 Å². The fourth-order valence-corrected chi connectivity index (χ4v) is 2.04. The molecule has 1 rings (SSSR count). The predicted molar refractivity (Wildman–Crippen MR) is 78.1 cm³/mol. The second kappa shape index (κ2) is 8.52. The van der Waals surface area contributed by atoms with Gasteiger partial charge in [-0.1, -0.05) is 37.1 Å². The van der Waals surface area contributed by atoms with E-state index in [-0.39, 0.29) is 6.10 Å². The molecule has 18 heavy (non-hydrogen) atoms. The van der Waals surface area contributed by atoms with Gasteiger partial charge in [0.05, 0.1) is 12.7 Å². The number of benzene rings is 1. The van der Waals surface area contributed by atoms with Gasteiger partial charge in [0.15, 0.2) is 0 Å². The van der Waals surface area contributed by atoms with Gasteiger partial charge in [0, 0.05) is 17.6 Å². The molecule has 1 N–H and O–H groups in total. The van der Waals surface area contributed by atoms with Crippen LogP contribution >= 0.6 is 11.6 Å². The van der Waals surface area contributed by atoms with Gasteiger partial charge in [-0.2, -0.15) is 0 Å². The molecule has 0 aliphatic carbocycles. The molecule has 0 aromatic heterocycles. The average Bonchev–Trinajstić information content (AvgIpc) is 2.34. The van der Waals surface area contributed by atoms with E-state index in [4.69, 9.17) is 16.3 Å². The van der Waals surface area contributed by atoms with Crippen LogP contribution in [0.1, 0.15) is 39.2 Å². The molecule has 1 aromatic carbocycles. The molecular formula is C15H24ClNO. The summed E-state index contributed by atoms with van der Waals surface area (Å²) in [6, 6.07) is 8.37. The molecule has 0 radical (unpaired) electrons. The maximum absolute atomic E-state index is 5.93. The van der Waals surface area contributed by atoms with E-state index in [1.165, 1.54) is 12.8 Å². The Morgan fingerprint density at radius 2 is 2.11 bits per heavy atom. The van der Waals surface area contributed by atoms with Gasteiger partial charge in [0.1, 0.15) is 0 Å². The van der Waals surface area contributed by atoms with Crippen molar-refractivity contribution in [1.29, 1.82) is 0 Å². The van der Waals surface area contributed by atoms with Gasteiger partial charge in [-0.15, -0.1) is 0 Å². The summed E-state index contributed by atoms with van der Waals surface area (Å²) in [5.41, 5.74) is 1.12. The first kappa shape index (κ1) is 15.5. The lowest BCUT2D eigenvalue weighted by molar-refractivity contribution is 0.0515. The zero-order chi connectivity index (χ0) is 13.4. The lowest BCUT2D eigenvalue weighted by Gasteiger charge is -2.18. The van der Waals surface area contributed by atoms with Crippen molar-refractivity contribution in [2.45, 2.75) is 52.4 Å². The van der Waals surface area contributed by atoms with Crippen molar-refractivity contribution in [2.24, 2.45) is 0 Å². The molecule has 102 valence electrons. The van der Waals surface area contributed by atoms with Crippen molar-refractivity contribution in [3.8, 4) is 0 Å². The lowest BCUT2D eigenvalue weighted by atomic mass is 10.2. The highest BCUT2D eigenvalue weighted by Gasteiger charge is 2.05. The van der Waals surface area contributed by atoms with Crippen LogP contribution in [0.2, 0.25) is 5.02 Å². The highest BCUT2D eigenvalue weighted by molar-refractivity contribution is 6.30. The van der Waals surface area contributed by atoms with E-state index in [0.717, 1.165) is 17.1 Å². The van der Waals surface area contributed by atoms with Crippen LogP contribution in [-0.2, 0) is 11.3 Å². The molecule has 0 amide bonds. The maximum atomic E-state index is 5.93. The summed E-state index contributed by atoms with van der Waals surface area (Å²) in [5, 5.41) is 4.24. The smallest absolute Gasteiger partial charge is 0.0721 e. The van der Waals surface area contributed by atoms with Crippen LogP contribution in [-0.4, -0.2) is 18.7 Å². The topological polar surface area (TPSA) is 21.3 Å². The molecule has 0 aliphatic heterocycles. The van der Waals surface area contributed by atoms with Crippen LogP contribution in [0.15, 0.2) is 24.3 Å². The number of rotatable bonds is 8. The van der Waals surface area contributed by atoms with E-state index in [0.29, 0.717) is 12.6 Å². The van der Waals surface area contributed by atoms with Crippen LogP contribution in [0.5, 0.6) is 0 Å². The molecule has 0 bridgehead atoms. The second-order valence-electron chi connectivity index (χ2n) is 4.85. The molecule has 0 saturated heterocycles. The number of ether oxygens (including phenoxy) is 1. The van der Waals surface area contributed by atoms with Gasteiger partial charge in [0.2, 0.25) is 0 Å². The molecular weight excluding hydrogens is 246 g/mol. The Morgan fingerprint density at radius 3 is 2.78 bits per heavy atom. The summed E-state index contributed by atoms with van der Waals surface area (Å²) >= 11 is 5.93. The van der Waals surface area contributed by atoms with Crippen LogP contribution in [0.3, 0.4) is 0 Å². The first-order valence-electron chi connectivity index (χ1n) is 6.71. The lowest BCUT2D eigenvalue weighted by Crippen LogP contribution is -2.33. The third-order valence-electron chi connectivity index (χ3n) is 2.90. The fourth-order valence-electron chi connectivity index (χ4n) is 1.83. The first-order chi connectivity index (χ1) is 8.61. The Balaban J connectivity index is 2.22. The SMILES string of the molecule is CCCC(C)NCC(C)OCc1cccc(Cl)c1. The van der Waals surface area contributed by atoms with E-state index < -0.39 is 0 Å². The maximum Gasteiger partial charge on any atom is 0.0721 e. The Kier molecular flexibility index (Phi) is 7.33. The van der Waals surface area contributed by atoms with Crippen LogP contribution in [0, 0.1) is 0 Å². The molecule has 2 nitrogen and oxygen atoms in total. The van der Waals surface area contributed by atoms with E-state index in [9.17, 15) is 0 Å². The van der Waals surface area contributed by atoms with Crippen molar-refractivity contribution in [2.75, 3.05) is 6.54 Å². The van der Waals surface area contributed by atoms with Crippen molar-refractivity contribution >= 4 is 11.6 Å². The minimum absolute atomic E-state index is 0.211. The highest BCUT2D eigenvalue weighted by Crippen LogP contribution is 2.12. The average molecular weight is 270 g/mol. The van der Waals surface area contributed by atoms with Crippen LogP contribution in [0.4, 0.5) is 0 Å². The zero-order valence-electron chi connectivity index (χ0n) is 11.6. The normalized spacial score (nSPS) is 14.4. The zero-order valence-corrected chi connectivity index (χ0v) is 12.3. The van der Waals surface area contributed by atoms with Crippen molar-refractivity contribution in [1.82, 2.24) is 5.32 Å². The van der Waals surface area contributed by atoms with Crippen molar-refractivity contribution in [3.63, 3.8) is 0 Å². The van der Waals surface area contributed by atoms with E-state index >= 15 is 0 Å². The van der Waals surface area contributed by atoms with Gasteiger partial charge in [-0.3, -0.25) is 0 Å². The summed E-state index contributed by atoms with van der Waals surface area (Å²) in [4.78, 5) is 0. The molecule has 2 atom stereocenters. The summed E-state index contributed by atoms with van der Waals surface area (Å²) in [5.74, 6) is 0. The molecule has 0 aliphatic rings. The molecule has 0 spiro atoms. The summed E-state index contributed by atoms with van der Waals surface area (Å²) in [6.07, 6.45) is 2.63. The quantitative estimate of drug-likeness (QED) is 0.770. The largest absolute Gasteiger partial charge is 0.373 e. The summed E-state index contributed by atoms with van der Waals surface area (Å²) < 4.78 is 5.79. The van der Waals surface area contributed by atoms with Gasteiger partial charge in [-0.25, -0.2) is 0 Å². The van der Waals surface area contributed by atoms with Gasteiger partial charge in [-0.05, 0) is 38.0 Å². The number of halogens is 1. The fraction of sp³-hybridized carbons (Fsp3) is 0.600. The number of nitrogens with one attached hydrogen (secondary N) is 1. The van der Waals surface area contributed by atoms with E-state index in [2.05, 4.69) is 26.1 Å². The predicted octanol–water partition coefficient (Wildman–Crippen LogP) is 4.02. The van der Waals surface area contributed by atoms with Crippen LogP contribution in [0.25, 0.3) is 0 Å². The van der Waals surface area contributed by atoms with E-state index in [1.54, 1.807) is 0 Å². The monoisotopic (exact) mass is 269 g/mol. The molecule has 2 unspecified atom stereocenters. The standard InChI is InChI=1S/C15H24ClNO/c1-4-6-12(2)17-10-13(3)18-11-14-7-5-8-15(16)9-14/h5,7-9,12-13,17H,4,6,10-11H2,1-3H3. The minimum Gasteiger partial charge on any atom is -0.373 e. The third kappa shape index (κ3) is 6.39. The number of hydrogen-bond acceptors (Lipinski definition) is 2. The molecule has 0 fully saturated rings. The van der Waals surface area contributed by atoms with Crippen LogP contribution < -0.4 is 5.32 Å². The van der Waals surface area contributed by atoms with Gasteiger partial charge >= 0.3 is 0 Å².